The molecule has 3 aromatic rings. The average molecular weight is 449 g/mol. The van der Waals surface area contributed by atoms with Crippen LogP contribution in [0.2, 0.25) is 0 Å². The van der Waals surface area contributed by atoms with Gasteiger partial charge in [-0.2, -0.15) is 0 Å². The molecule has 0 aliphatic carbocycles. The van der Waals surface area contributed by atoms with Gasteiger partial charge in [-0.15, -0.1) is 0 Å². The molecule has 1 fully saturated rings. The summed E-state index contributed by atoms with van der Waals surface area (Å²) in [4.78, 5) is 33.8. The zero-order valence-electron chi connectivity index (χ0n) is 18.5. The summed E-state index contributed by atoms with van der Waals surface area (Å²) >= 11 is 0. The van der Waals surface area contributed by atoms with Gasteiger partial charge in [-0.25, -0.2) is 0 Å². The van der Waals surface area contributed by atoms with Crippen LogP contribution < -0.4 is 5.32 Å². The lowest BCUT2D eigenvalue weighted by Gasteiger charge is -2.28. The van der Waals surface area contributed by atoms with Gasteiger partial charge in [0.25, 0.3) is 11.8 Å². The lowest BCUT2D eigenvalue weighted by atomic mass is 10.1. The van der Waals surface area contributed by atoms with E-state index in [1.54, 1.807) is 48.8 Å². The van der Waals surface area contributed by atoms with Crippen molar-refractivity contribution in [2.24, 2.45) is 0 Å². The first-order valence-corrected chi connectivity index (χ1v) is 11.1. The zero-order valence-corrected chi connectivity index (χ0v) is 18.5. The second-order valence-electron chi connectivity index (χ2n) is 7.90. The van der Waals surface area contributed by atoms with Crippen LogP contribution in [0.1, 0.15) is 32.9 Å². The number of carbonyl (C=O) groups is 2. The predicted octanol–water partition coefficient (Wildman–Crippen LogP) is 3.29. The van der Waals surface area contributed by atoms with Crippen molar-refractivity contribution in [2.75, 3.05) is 44.7 Å². The Morgan fingerprint density at radius 1 is 1.03 bits per heavy atom. The quantitative estimate of drug-likeness (QED) is 0.541. The largest absolute Gasteiger partial charge is 0.459 e. The third kappa shape index (κ3) is 6.50. The van der Waals surface area contributed by atoms with Crippen LogP contribution in [0, 0.1) is 0 Å². The number of morpholine rings is 1. The number of amides is 2. The van der Waals surface area contributed by atoms with Crippen molar-refractivity contribution in [3.63, 3.8) is 0 Å². The van der Waals surface area contributed by atoms with Crippen molar-refractivity contribution in [2.45, 2.75) is 13.0 Å². The van der Waals surface area contributed by atoms with Gasteiger partial charge in [0, 0.05) is 56.4 Å². The fourth-order valence-corrected chi connectivity index (χ4v) is 3.75. The molecule has 1 N–H and O–H groups in total. The van der Waals surface area contributed by atoms with Gasteiger partial charge >= 0.3 is 0 Å². The highest BCUT2D eigenvalue weighted by molar-refractivity contribution is 6.02. The van der Waals surface area contributed by atoms with Gasteiger partial charge < -0.3 is 19.4 Å². The van der Waals surface area contributed by atoms with Gasteiger partial charge in [0.05, 0.1) is 19.5 Å². The first-order valence-electron chi connectivity index (χ1n) is 11.1. The normalized spacial score (nSPS) is 14.1. The van der Waals surface area contributed by atoms with E-state index in [4.69, 9.17) is 9.15 Å². The Balaban J connectivity index is 1.40. The lowest BCUT2D eigenvalue weighted by molar-refractivity contribution is 0.0355. The second kappa shape index (κ2) is 11.4. The molecule has 0 unspecified atom stereocenters. The fraction of sp³-hybridized carbons (Fsp3) is 0.320. The molecule has 0 radical (unpaired) electrons. The molecule has 4 rings (SSSR count). The summed E-state index contributed by atoms with van der Waals surface area (Å²) in [6.45, 7) is 5.50. The second-order valence-corrected chi connectivity index (χ2v) is 7.90. The maximum Gasteiger partial charge on any atom is 0.291 e. The van der Waals surface area contributed by atoms with E-state index in [0.717, 1.165) is 44.8 Å². The molecule has 2 amide bonds. The van der Waals surface area contributed by atoms with Crippen molar-refractivity contribution in [3.05, 3.63) is 84.1 Å². The number of nitrogens with one attached hydrogen (secondary N) is 1. The number of aromatic nitrogens is 1. The minimum atomic E-state index is -0.332. The molecule has 1 aliphatic rings. The number of hydrogen-bond acceptors (Lipinski definition) is 6. The van der Waals surface area contributed by atoms with Gasteiger partial charge in [-0.1, -0.05) is 0 Å². The van der Waals surface area contributed by atoms with E-state index < -0.39 is 0 Å². The van der Waals surface area contributed by atoms with E-state index in [0.29, 0.717) is 24.3 Å². The minimum absolute atomic E-state index is 0.0438. The van der Waals surface area contributed by atoms with Crippen LogP contribution in [-0.4, -0.2) is 66.0 Å². The topological polar surface area (TPSA) is 87.9 Å². The maximum absolute atomic E-state index is 13.3. The molecule has 8 nitrogen and oxygen atoms in total. The van der Waals surface area contributed by atoms with Crippen LogP contribution in [0.25, 0.3) is 0 Å². The van der Waals surface area contributed by atoms with E-state index >= 15 is 0 Å². The zero-order chi connectivity index (χ0) is 22.9. The molecule has 172 valence electrons. The highest BCUT2D eigenvalue weighted by Crippen LogP contribution is 2.15. The Morgan fingerprint density at radius 2 is 1.79 bits per heavy atom. The van der Waals surface area contributed by atoms with Crippen LogP contribution in [0.3, 0.4) is 0 Å². The Labute approximate surface area is 193 Å². The number of pyridine rings is 1. The summed E-state index contributed by atoms with van der Waals surface area (Å²) in [5.74, 6) is -0.141. The van der Waals surface area contributed by atoms with Crippen molar-refractivity contribution in [1.29, 1.82) is 0 Å². The number of hydrogen-bond donors (Lipinski definition) is 1. The fourth-order valence-electron chi connectivity index (χ4n) is 3.75. The van der Waals surface area contributed by atoms with E-state index in [1.807, 2.05) is 17.0 Å². The standard InChI is InChI=1S/C25H28N4O4/c30-24(23-3-1-16-33-23)27-22-6-4-21(5-7-22)25(31)29(19-20-8-10-26-11-9-20)13-2-12-28-14-17-32-18-15-28/h1,3-11,16H,2,12-15,17-19H2,(H,27,30). The monoisotopic (exact) mass is 448 g/mol. The number of benzene rings is 1. The first kappa shape index (κ1) is 22.7. The molecule has 0 atom stereocenters. The van der Waals surface area contributed by atoms with Crippen LogP contribution in [0.5, 0.6) is 0 Å². The number of carbonyl (C=O) groups excluding carboxylic acids is 2. The van der Waals surface area contributed by atoms with Gasteiger partial charge in [0.2, 0.25) is 0 Å². The summed E-state index contributed by atoms with van der Waals surface area (Å²) in [6, 6.07) is 14.0. The van der Waals surface area contributed by atoms with E-state index in [9.17, 15) is 9.59 Å². The van der Waals surface area contributed by atoms with Gasteiger partial charge in [-0.3, -0.25) is 19.5 Å². The summed E-state index contributed by atoms with van der Waals surface area (Å²) in [5, 5.41) is 2.77. The molecular formula is C25H28N4O4. The Hall–Kier alpha value is -3.49. The third-order valence-corrected chi connectivity index (χ3v) is 5.55. The van der Waals surface area contributed by atoms with Crippen molar-refractivity contribution in [1.82, 2.24) is 14.8 Å². The molecule has 1 saturated heterocycles. The van der Waals surface area contributed by atoms with Crippen molar-refractivity contribution >= 4 is 17.5 Å². The Kier molecular flexibility index (Phi) is 7.84. The molecule has 0 bridgehead atoms. The number of nitrogens with zero attached hydrogens (tertiary/aromatic N) is 3. The molecule has 1 aromatic carbocycles. The molecule has 1 aliphatic heterocycles. The average Bonchev–Trinajstić information content (AvgIpc) is 3.40. The van der Waals surface area contributed by atoms with Gasteiger partial charge in [-0.05, 0) is 60.5 Å². The summed E-state index contributed by atoms with van der Waals surface area (Å²) in [6.07, 6.45) is 5.81. The van der Waals surface area contributed by atoms with E-state index in [-0.39, 0.29) is 17.6 Å². The Bertz CT molecular complexity index is 1020. The highest BCUT2D eigenvalue weighted by atomic mass is 16.5. The predicted molar refractivity (Wildman–Crippen MR) is 124 cm³/mol. The van der Waals surface area contributed by atoms with E-state index in [2.05, 4.69) is 15.2 Å². The summed E-state index contributed by atoms with van der Waals surface area (Å²) in [5.41, 5.74) is 2.21. The van der Waals surface area contributed by atoms with Gasteiger partial charge in [0.1, 0.15) is 0 Å². The molecule has 0 spiro atoms. The number of anilines is 1. The highest BCUT2D eigenvalue weighted by Gasteiger charge is 2.18. The molecule has 33 heavy (non-hydrogen) atoms. The SMILES string of the molecule is O=C(Nc1ccc(C(=O)N(CCCN2CCOCC2)Cc2ccncc2)cc1)c1ccco1. The van der Waals surface area contributed by atoms with Crippen LogP contribution in [0.15, 0.2) is 71.6 Å². The molecule has 3 heterocycles. The van der Waals surface area contributed by atoms with Gasteiger partial charge in [0.15, 0.2) is 5.76 Å². The maximum atomic E-state index is 13.3. The van der Waals surface area contributed by atoms with Crippen LogP contribution >= 0.6 is 0 Å². The molecular weight excluding hydrogens is 420 g/mol. The molecule has 0 saturated carbocycles. The van der Waals surface area contributed by atoms with Crippen LogP contribution in [0.4, 0.5) is 5.69 Å². The van der Waals surface area contributed by atoms with Crippen molar-refractivity contribution in [3.8, 4) is 0 Å². The van der Waals surface area contributed by atoms with E-state index in [1.165, 1.54) is 6.26 Å². The third-order valence-electron chi connectivity index (χ3n) is 5.55. The number of rotatable bonds is 9. The smallest absolute Gasteiger partial charge is 0.291 e. The summed E-state index contributed by atoms with van der Waals surface area (Å²) < 4.78 is 10.5. The number of ether oxygens (including phenoxy) is 1. The number of furan rings is 1. The lowest BCUT2D eigenvalue weighted by Crippen LogP contribution is -2.39. The van der Waals surface area contributed by atoms with Crippen LogP contribution in [-0.2, 0) is 11.3 Å². The summed E-state index contributed by atoms with van der Waals surface area (Å²) in [7, 11) is 0. The molecule has 8 heteroatoms. The first-order chi connectivity index (χ1) is 16.2. The van der Waals surface area contributed by atoms with Crippen molar-refractivity contribution < 1.29 is 18.7 Å². The minimum Gasteiger partial charge on any atom is -0.459 e. The molecule has 2 aromatic heterocycles. The Morgan fingerprint density at radius 3 is 2.48 bits per heavy atom.